The summed E-state index contributed by atoms with van der Waals surface area (Å²) in [5, 5.41) is 4.47. The van der Waals surface area contributed by atoms with Crippen molar-refractivity contribution in [3.05, 3.63) is 47.6 Å². The molecule has 1 aliphatic rings. The van der Waals surface area contributed by atoms with Crippen LogP contribution in [0.1, 0.15) is 47.0 Å². The molecule has 0 aliphatic carbocycles. The van der Waals surface area contributed by atoms with Crippen molar-refractivity contribution in [3.63, 3.8) is 0 Å². The van der Waals surface area contributed by atoms with Gasteiger partial charge in [-0.1, -0.05) is 48.8 Å². The van der Waals surface area contributed by atoms with E-state index in [4.69, 9.17) is 14.2 Å². The van der Waals surface area contributed by atoms with Crippen molar-refractivity contribution in [2.75, 3.05) is 19.8 Å². The standard InChI is InChI=1S/C28H36BrN3O6/c1-6-8-9-14-37-27(35)31-23(28(3,4)5)25(33)32-17-20(16-22(32)26(34)36-7-2)38-24-21-15-19(29)11-10-18(21)12-13-30-24/h6,10-13,15,20,22-23H,1,7-9,14,16-17H2,2-5H3,(H,31,35)/t20-,22+,23-/m1/s1. The van der Waals surface area contributed by atoms with Crippen LogP contribution in [0, 0.1) is 5.41 Å². The molecule has 2 heterocycles. The lowest BCUT2D eigenvalue weighted by Gasteiger charge is -2.34. The highest BCUT2D eigenvalue weighted by Crippen LogP contribution is 2.31. The second-order valence-electron chi connectivity index (χ2n) is 10.2. The van der Waals surface area contributed by atoms with Crippen LogP contribution in [0.15, 0.2) is 47.6 Å². The first-order chi connectivity index (χ1) is 18.0. The van der Waals surface area contributed by atoms with Crippen LogP contribution in [-0.4, -0.2) is 65.8 Å². The zero-order chi connectivity index (χ0) is 27.9. The number of nitrogens with zero attached hydrogens (tertiary/aromatic N) is 2. The minimum Gasteiger partial charge on any atom is -0.472 e. The van der Waals surface area contributed by atoms with Gasteiger partial charge in [-0.2, -0.15) is 0 Å². The summed E-state index contributed by atoms with van der Waals surface area (Å²) in [5.74, 6) is -0.502. The van der Waals surface area contributed by atoms with Crippen LogP contribution in [0.25, 0.3) is 10.8 Å². The molecule has 1 aromatic heterocycles. The number of fused-ring (bicyclic) bond motifs is 1. The van der Waals surface area contributed by atoms with Gasteiger partial charge in [-0.3, -0.25) is 4.79 Å². The Balaban J connectivity index is 1.82. The van der Waals surface area contributed by atoms with Crippen LogP contribution in [0.3, 0.4) is 0 Å². The number of ether oxygens (including phenoxy) is 3. The number of hydrogen-bond donors (Lipinski definition) is 1. The molecule has 1 fully saturated rings. The number of benzene rings is 1. The van der Waals surface area contributed by atoms with E-state index >= 15 is 0 Å². The number of halogens is 1. The predicted molar refractivity (Wildman–Crippen MR) is 148 cm³/mol. The Kier molecular flexibility index (Phi) is 10.1. The molecule has 10 heteroatoms. The van der Waals surface area contributed by atoms with Crippen molar-refractivity contribution in [2.24, 2.45) is 5.41 Å². The number of esters is 1. The van der Waals surface area contributed by atoms with Crippen LogP contribution in [-0.2, 0) is 19.1 Å². The highest BCUT2D eigenvalue weighted by Gasteiger charge is 2.46. The number of allylic oxidation sites excluding steroid dienone is 1. The van der Waals surface area contributed by atoms with E-state index in [9.17, 15) is 14.4 Å². The third-order valence-electron chi connectivity index (χ3n) is 6.24. The van der Waals surface area contributed by atoms with Gasteiger partial charge in [-0.05, 0) is 48.8 Å². The Morgan fingerprint density at radius 1 is 1.26 bits per heavy atom. The molecule has 3 rings (SSSR count). The Bertz CT molecular complexity index is 1160. The number of pyridine rings is 1. The number of aromatic nitrogens is 1. The molecule has 1 N–H and O–H groups in total. The lowest BCUT2D eigenvalue weighted by molar-refractivity contribution is -0.154. The van der Waals surface area contributed by atoms with Gasteiger partial charge in [0.05, 0.1) is 19.8 Å². The largest absolute Gasteiger partial charge is 0.472 e. The summed E-state index contributed by atoms with van der Waals surface area (Å²) in [7, 11) is 0. The molecule has 9 nitrogen and oxygen atoms in total. The Morgan fingerprint density at radius 2 is 2.03 bits per heavy atom. The lowest BCUT2D eigenvalue weighted by atomic mass is 9.85. The van der Waals surface area contributed by atoms with Gasteiger partial charge in [0.2, 0.25) is 11.8 Å². The summed E-state index contributed by atoms with van der Waals surface area (Å²) in [6, 6.07) is 5.90. The van der Waals surface area contributed by atoms with Crippen molar-refractivity contribution < 1.29 is 28.6 Å². The summed E-state index contributed by atoms with van der Waals surface area (Å²) >= 11 is 3.48. The third-order valence-corrected chi connectivity index (χ3v) is 6.73. The van der Waals surface area contributed by atoms with Crippen molar-refractivity contribution in [1.29, 1.82) is 0 Å². The summed E-state index contributed by atoms with van der Waals surface area (Å²) in [5.41, 5.74) is -0.654. The fourth-order valence-corrected chi connectivity index (χ4v) is 4.68. The Morgan fingerprint density at radius 3 is 2.71 bits per heavy atom. The number of nitrogens with one attached hydrogen (secondary N) is 1. The SMILES string of the molecule is C=CCCCOC(=O)N[C@H](C(=O)N1C[C@H](Oc2nccc3ccc(Br)cc23)C[C@H]1C(=O)OCC)C(C)(C)C. The number of hydrogen-bond acceptors (Lipinski definition) is 7. The fraction of sp³-hybridized carbons (Fsp3) is 0.500. The smallest absolute Gasteiger partial charge is 0.407 e. The molecule has 0 bridgehead atoms. The van der Waals surface area contributed by atoms with Crippen LogP contribution >= 0.6 is 15.9 Å². The number of likely N-dealkylation sites (tertiary alicyclic amines) is 1. The van der Waals surface area contributed by atoms with Crippen LogP contribution in [0.4, 0.5) is 4.79 Å². The van der Waals surface area contributed by atoms with E-state index in [1.165, 1.54) is 4.90 Å². The average Bonchev–Trinajstić information content (AvgIpc) is 3.29. The normalized spacial score (nSPS) is 18.1. The first kappa shape index (κ1) is 29.4. The number of unbranched alkanes of at least 4 members (excludes halogenated alkanes) is 1. The van der Waals surface area contributed by atoms with Crippen molar-refractivity contribution in [2.45, 2.75) is 65.1 Å². The summed E-state index contributed by atoms with van der Waals surface area (Å²) in [6.45, 7) is 11.4. The van der Waals surface area contributed by atoms with Crippen LogP contribution < -0.4 is 10.1 Å². The Labute approximate surface area is 232 Å². The molecule has 206 valence electrons. The summed E-state index contributed by atoms with van der Waals surface area (Å²) in [6.07, 6.45) is 3.81. The van der Waals surface area contributed by atoms with Gasteiger partial charge in [0.1, 0.15) is 18.2 Å². The molecule has 3 atom stereocenters. The minimum absolute atomic E-state index is 0.136. The molecular weight excluding hydrogens is 554 g/mol. The zero-order valence-corrected chi connectivity index (χ0v) is 24.0. The maximum absolute atomic E-state index is 13.8. The molecule has 1 aromatic carbocycles. The highest BCUT2D eigenvalue weighted by molar-refractivity contribution is 9.10. The highest BCUT2D eigenvalue weighted by atomic mass is 79.9. The minimum atomic E-state index is -0.934. The van der Waals surface area contributed by atoms with Crippen molar-refractivity contribution >= 4 is 44.7 Å². The molecule has 2 amide bonds. The molecule has 0 spiro atoms. The third kappa shape index (κ3) is 7.46. The first-order valence-electron chi connectivity index (χ1n) is 12.8. The molecule has 2 aromatic rings. The first-order valence-corrected chi connectivity index (χ1v) is 13.6. The van der Waals surface area contributed by atoms with Gasteiger partial charge in [0, 0.05) is 22.5 Å². The van der Waals surface area contributed by atoms with E-state index in [0.717, 1.165) is 15.2 Å². The molecular formula is C28H36BrN3O6. The van der Waals surface area contributed by atoms with E-state index in [0.29, 0.717) is 18.7 Å². The van der Waals surface area contributed by atoms with Gasteiger partial charge >= 0.3 is 12.1 Å². The van der Waals surface area contributed by atoms with Crippen molar-refractivity contribution in [1.82, 2.24) is 15.2 Å². The van der Waals surface area contributed by atoms with Gasteiger partial charge < -0.3 is 24.4 Å². The maximum atomic E-state index is 13.8. The zero-order valence-electron chi connectivity index (χ0n) is 22.4. The quantitative estimate of drug-likeness (QED) is 0.235. The van der Waals surface area contributed by atoms with Gasteiger partial charge in [0.25, 0.3) is 0 Å². The number of carbonyl (C=O) groups is 3. The number of alkyl carbamates (subject to hydrolysis) is 1. The topological polar surface area (TPSA) is 107 Å². The maximum Gasteiger partial charge on any atom is 0.407 e. The molecule has 0 radical (unpaired) electrons. The molecule has 38 heavy (non-hydrogen) atoms. The number of carbonyl (C=O) groups excluding carboxylic acids is 3. The predicted octanol–water partition coefficient (Wildman–Crippen LogP) is 5.02. The second kappa shape index (κ2) is 13.1. The van der Waals surface area contributed by atoms with E-state index in [-0.39, 0.29) is 26.2 Å². The fourth-order valence-electron chi connectivity index (χ4n) is 4.32. The second-order valence-corrected chi connectivity index (χ2v) is 11.1. The van der Waals surface area contributed by atoms with Gasteiger partial charge in [-0.25, -0.2) is 14.6 Å². The summed E-state index contributed by atoms with van der Waals surface area (Å²) < 4.78 is 17.7. The number of amides is 2. The average molecular weight is 591 g/mol. The van der Waals surface area contributed by atoms with Crippen LogP contribution in [0.2, 0.25) is 0 Å². The molecule has 0 unspecified atom stereocenters. The Hall–Kier alpha value is -3.14. The number of rotatable bonds is 10. The van der Waals surface area contributed by atoms with Crippen LogP contribution in [0.5, 0.6) is 5.88 Å². The monoisotopic (exact) mass is 589 g/mol. The molecule has 1 aliphatic heterocycles. The lowest BCUT2D eigenvalue weighted by Crippen LogP contribution is -2.57. The van der Waals surface area contributed by atoms with E-state index in [1.54, 1.807) is 19.2 Å². The van der Waals surface area contributed by atoms with Gasteiger partial charge in [0.15, 0.2) is 0 Å². The van der Waals surface area contributed by atoms with E-state index in [2.05, 4.69) is 32.8 Å². The van der Waals surface area contributed by atoms with Gasteiger partial charge in [-0.15, -0.1) is 6.58 Å². The van der Waals surface area contributed by atoms with E-state index < -0.39 is 41.6 Å². The van der Waals surface area contributed by atoms with E-state index in [1.807, 2.05) is 45.0 Å². The summed E-state index contributed by atoms with van der Waals surface area (Å²) in [4.78, 5) is 45.1. The van der Waals surface area contributed by atoms with Crippen molar-refractivity contribution in [3.8, 4) is 5.88 Å². The molecule has 1 saturated heterocycles. The molecule has 0 saturated carbocycles.